The molecule has 0 spiro atoms. The second-order valence-electron chi connectivity index (χ2n) is 7.01. The van der Waals surface area contributed by atoms with E-state index < -0.39 is 0 Å². The molecule has 0 radical (unpaired) electrons. The number of allylic oxidation sites excluding steroid dienone is 1. The van der Waals surface area contributed by atoms with Gasteiger partial charge < -0.3 is 4.90 Å². The molecule has 24 heavy (non-hydrogen) atoms. The van der Waals surface area contributed by atoms with E-state index in [0.717, 1.165) is 19.3 Å². The molecule has 0 bridgehead atoms. The van der Waals surface area contributed by atoms with Crippen LogP contribution >= 0.6 is 0 Å². The van der Waals surface area contributed by atoms with Crippen LogP contribution in [0.4, 0.5) is 0 Å². The van der Waals surface area contributed by atoms with Gasteiger partial charge in [0.15, 0.2) is 0 Å². The fourth-order valence-electron chi connectivity index (χ4n) is 4.13. The summed E-state index contributed by atoms with van der Waals surface area (Å²) >= 11 is 0. The first-order valence-corrected chi connectivity index (χ1v) is 8.85. The van der Waals surface area contributed by atoms with Crippen molar-refractivity contribution < 1.29 is 4.79 Å². The van der Waals surface area contributed by atoms with E-state index >= 15 is 0 Å². The van der Waals surface area contributed by atoms with E-state index in [1.54, 1.807) is 0 Å². The molecule has 0 aromatic heterocycles. The van der Waals surface area contributed by atoms with Crippen molar-refractivity contribution in [1.82, 2.24) is 4.90 Å². The summed E-state index contributed by atoms with van der Waals surface area (Å²) in [6.07, 6.45) is 3.06. The van der Waals surface area contributed by atoms with Crippen molar-refractivity contribution in [2.45, 2.75) is 39.2 Å². The molecule has 4 rings (SSSR count). The maximum absolute atomic E-state index is 13.1. The summed E-state index contributed by atoms with van der Waals surface area (Å²) in [6, 6.07) is 19.0. The van der Waals surface area contributed by atoms with Gasteiger partial charge in [0.1, 0.15) is 0 Å². The van der Waals surface area contributed by atoms with Crippen LogP contribution in [0.5, 0.6) is 0 Å². The summed E-state index contributed by atoms with van der Waals surface area (Å²) < 4.78 is 0. The fraction of sp³-hybridized carbons (Fsp3) is 0.318. The van der Waals surface area contributed by atoms with Crippen molar-refractivity contribution in [3.05, 3.63) is 76.9 Å². The van der Waals surface area contributed by atoms with Crippen molar-refractivity contribution in [2.75, 3.05) is 0 Å². The standard InChI is InChI=1S/C22H23NO/c1-15-14-19-13-12-18-10-6-7-11-20(18)21(19)23(22(15)24)16(2)17-8-4-3-5-9-17/h3-11,15-16H,12-14H2,1-2H3/t15-,16-/m1/s1. The third-order valence-electron chi connectivity index (χ3n) is 5.43. The highest BCUT2D eigenvalue weighted by Gasteiger charge is 2.37. The molecule has 1 heterocycles. The summed E-state index contributed by atoms with van der Waals surface area (Å²) in [5, 5.41) is 0. The zero-order valence-corrected chi connectivity index (χ0v) is 14.3. The average molecular weight is 317 g/mol. The fourth-order valence-corrected chi connectivity index (χ4v) is 4.13. The normalized spacial score (nSPS) is 21.3. The van der Waals surface area contributed by atoms with Crippen molar-refractivity contribution >= 4 is 11.6 Å². The lowest BCUT2D eigenvalue weighted by molar-refractivity contribution is -0.134. The number of fused-ring (bicyclic) bond motifs is 2. The van der Waals surface area contributed by atoms with Gasteiger partial charge in [0.05, 0.1) is 11.7 Å². The van der Waals surface area contributed by atoms with Gasteiger partial charge in [-0.3, -0.25) is 4.79 Å². The second kappa shape index (κ2) is 5.94. The Balaban J connectivity index is 1.86. The number of nitrogens with zero attached hydrogens (tertiary/aromatic N) is 1. The first-order valence-electron chi connectivity index (χ1n) is 8.85. The maximum Gasteiger partial charge on any atom is 0.230 e. The lowest BCUT2D eigenvalue weighted by atomic mass is 9.80. The van der Waals surface area contributed by atoms with Gasteiger partial charge in [-0.05, 0) is 42.9 Å². The molecule has 122 valence electrons. The van der Waals surface area contributed by atoms with Crippen LogP contribution in [0.15, 0.2) is 60.2 Å². The number of amides is 1. The Bertz CT molecular complexity index is 806. The van der Waals surface area contributed by atoms with E-state index in [4.69, 9.17) is 0 Å². The summed E-state index contributed by atoms with van der Waals surface area (Å²) in [6.45, 7) is 4.21. The van der Waals surface area contributed by atoms with Gasteiger partial charge in [0, 0.05) is 11.5 Å². The molecule has 2 aliphatic rings. The average Bonchev–Trinajstić information content (AvgIpc) is 2.63. The Morgan fingerprint density at radius 3 is 2.50 bits per heavy atom. The number of aryl methyl sites for hydroxylation is 1. The molecule has 0 N–H and O–H groups in total. The van der Waals surface area contributed by atoms with Crippen molar-refractivity contribution in [3.8, 4) is 0 Å². The molecule has 0 unspecified atom stereocenters. The van der Waals surface area contributed by atoms with E-state index in [9.17, 15) is 4.79 Å². The number of hydrogen-bond donors (Lipinski definition) is 0. The third kappa shape index (κ3) is 2.37. The predicted octanol–water partition coefficient (Wildman–Crippen LogP) is 4.97. The van der Waals surface area contributed by atoms with E-state index in [1.165, 1.54) is 28.0 Å². The van der Waals surface area contributed by atoms with Gasteiger partial charge >= 0.3 is 0 Å². The maximum atomic E-state index is 13.1. The van der Waals surface area contributed by atoms with Crippen molar-refractivity contribution in [2.24, 2.45) is 5.92 Å². The highest BCUT2D eigenvalue weighted by atomic mass is 16.2. The quantitative estimate of drug-likeness (QED) is 0.765. The highest BCUT2D eigenvalue weighted by molar-refractivity contribution is 5.93. The summed E-state index contributed by atoms with van der Waals surface area (Å²) in [5.41, 5.74) is 6.43. The molecular weight excluding hydrogens is 294 g/mol. The Hall–Kier alpha value is -2.35. The molecular formula is C22H23NO. The van der Waals surface area contributed by atoms with Crippen LogP contribution in [0.2, 0.25) is 0 Å². The molecule has 1 amide bonds. The number of carbonyl (C=O) groups is 1. The lowest BCUT2D eigenvalue weighted by Crippen LogP contribution is -2.41. The predicted molar refractivity (Wildman–Crippen MR) is 97.2 cm³/mol. The molecule has 2 heteroatoms. The molecule has 0 saturated heterocycles. The van der Waals surface area contributed by atoms with E-state index in [2.05, 4.69) is 55.1 Å². The minimum atomic E-state index is 0.0533. The highest BCUT2D eigenvalue weighted by Crippen LogP contribution is 2.44. The molecule has 1 aliphatic heterocycles. The van der Waals surface area contributed by atoms with Gasteiger partial charge in [-0.1, -0.05) is 61.5 Å². The Morgan fingerprint density at radius 1 is 1.00 bits per heavy atom. The van der Waals surface area contributed by atoms with Gasteiger partial charge in [-0.25, -0.2) is 0 Å². The monoisotopic (exact) mass is 317 g/mol. The Labute approximate surface area is 143 Å². The molecule has 1 aliphatic carbocycles. The second-order valence-corrected chi connectivity index (χ2v) is 7.01. The minimum Gasteiger partial charge on any atom is -0.304 e. The van der Waals surface area contributed by atoms with Gasteiger partial charge in [0.25, 0.3) is 0 Å². The summed E-state index contributed by atoms with van der Waals surface area (Å²) in [5.74, 6) is 0.321. The topological polar surface area (TPSA) is 20.3 Å². The smallest absolute Gasteiger partial charge is 0.230 e. The largest absolute Gasteiger partial charge is 0.304 e. The summed E-state index contributed by atoms with van der Waals surface area (Å²) in [7, 11) is 0. The third-order valence-corrected chi connectivity index (χ3v) is 5.43. The summed E-state index contributed by atoms with van der Waals surface area (Å²) in [4.78, 5) is 15.2. The van der Waals surface area contributed by atoms with Gasteiger partial charge in [-0.2, -0.15) is 0 Å². The van der Waals surface area contributed by atoms with Crippen LogP contribution in [0.3, 0.4) is 0 Å². The molecule has 2 aromatic rings. The SMILES string of the molecule is C[C@@H]1CC2=C(c3ccccc3CC2)N([C@H](C)c2ccccc2)C1=O. The van der Waals surface area contributed by atoms with Crippen LogP contribution < -0.4 is 0 Å². The Morgan fingerprint density at radius 2 is 1.71 bits per heavy atom. The van der Waals surface area contributed by atoms with Gasteiger partial charge in [-0.15, -0.1) is 0 Å². The molecule has 2 aromatic carbocycles. The number of rotatable bonds is 2. The molecule has 0 saturated carbocycles. The number of carbonyl (C=O) groups excluding carboxylic acids is 1. The van der Waals surface area contributed by atoms with E-state index in [-0.39, 0.29) is 17.9 Å². The van der Waals surface area contributed by atoms with Gasteiger partial charge in [0.2, 0.25) is 5.91 Å². The molecule has 0 fully saturated rings. The number of hydrogen-bond acceptors (Lipinski definition) is 1. The molecule has 2 nitrogen and oxygen atoms in total. The molecule has 2 atom stereocenters. The zero-order valence-electron chi connectivity index (χ0n) is 14.3. The lowest BCUT2D eigenvalue weighted by Gasteiger charge is -2.41. The first-order chi connectivity index (χ1) is 11.7. The zero-order chi connectivity index (χ0) is 16.7. The van der Waals surface area contributed by atoms with E-state index in [1.807, 2.05) is 18.2 Å². The van der Waals surface area contributed by atoms with E-state index in [0.29, 0.717) is 0 Å². The minimum absolute atomic E-state index is 0.0533. The van der Waals surface area contributed by atoms with Crippen molar-refractivity contribution in [1.29, 1.82) is 0 Å². The Kier molecular flexibility index (Phi) is 3.76. The van der Waals surface area contributed by atoms with Crippen LogP contribution in [-0.2, 0) is 11.2 Å². The van der Waals surface area contributed by atoms with Crippen molar-refractivity contribution in [3.63, 3.8) is 0 Å². The van der Waals surface area contributed by atoms with Crippen LogP contribution in [0.1, 0.15) is 49.4 Å². The number of benzene rings is 2. The van der Waals surface area contributed by atoms with Crippen LogP contribution in [0.25, 0.3) is 5.70 Å². The van der Waals surface area contributed by atoms with Crippen LogP contribution in [0, 0.1) is 5.92 Å². The van der Waals surface area contributed by atoms with Crippen LogP contribution in [-0.4, -0.2) is 10.8 Å². The first kappa shape index (κ1) is 15.2.